The van der Waals surface area contributed by atoms with Gasteiger partial charge in [-0.25, -0.2) is 8.42 Å². The van der Waals surface area contributed by atoms with Crippen molar-refractivity contribution in [1.82, 2.24) is 15.5 Å². The summed E-state index contributed by atoms with van der Waals surface area (Å²) in [4.78, 5) is 8.96. The van der Waals surface area contributed by atoms with Gasteiger partial charge in [-0.3, -0.25) is 9.89 Å². The van der Waals surface area contributed by atoms with Crippen LogP contribution >= 0.6 is 11.3 Å². The summed E-state index contributed by atoms with van der Waals surface area (Å²) >= 11 is 1.78. The van der Waals surface area contributed by atoms with E-state index in [1.165, 1.54) is 9.75 Å². The van der Waals surface area contributed by atoms with Crippen LogP contribution < -0.4 is 10.6 Å². The highest BCUT2D eigenvalue weighted by Crippen LogP contribution is 2.14. The van der Waals surface area contributed by atoms with Crippen molar-refractivity contribution < 1.29 is 8.42 Å². The molecule has 0 radical (unpaired) electrons. The van der Waals surface area contributed by atoms with Gasteiger partial charge in [0.05, 0.1) is 18.1 Å². The van der Waals surface area contributed by atoms with Crippen molar-refractivity contribution in [3.05, 3.63) is 21.9 Å². The summed E-state index contributed by atoms with van der Waals surface area (Å²) in [7, 11) is -1.04. The van der Waals surface area contributed by atoms with Crippen LogP contribution in [0.5, 0.6) is 0 Å². The largest absolute Gasteiger partial charge is 0.355 e. The van der Waals surface area contributed by atoms with Gasteiger partial charge in [0.15, 0.2) is 15.8 Å². The van der Waals surface area contributed by atoms with E-state index in [9.17, 15) is 8.42 Å². The van der Waals surface area contributed by atoms with Crippen LogP contribution in [0.15, 0.2) is 17.1 Å². The molecule has 1 fully saturated rings. The van der Waals surface area contributed by atoms with E-state index in [1.54, 1.807) is 18.4 Å². The van der Waals surface area contributed by atoms with Gasteiger partial charge >= 0.3 is 0 Å². The molecule has 0 bridgehead atoms. The molecule has 0 unspecified atom stereocenters. The molecule has 0 amide bonds. The molecule has 1 aromatic rings. The molecule has 2 heterocycles. The smallest absolute Gasteiger partial charge is 0.191 e. The molecule has 0 aliphatic carbocycles. The molecule has 1 aromatic heterocycles. The van der Waals surface area contributed by atoms with Crippen LogP contribution in [-0.2, 0) is 16.4 Å². The minimum atomic E-state index is -2.80. The number of guanidine groups is 1. The van der Waals surface area contributed by atoms with Gasteiger partial charge in [-0.1, -0.05) is 0 Å². The third-order valence-corrected chi connectivity index (χ3v) is 6.22. The molecule has 0 atom stereocenters. The first kappa shape index (κ1) is 17.2. The summed E-state index contributed by atoms with van der Waals surface area (Å²) in [5, 5.41) is 6.55. The molecule has 0 saturated carbocycles. The van der Waals surface area contributed by atoms with Crippen LogP contribution in [0.3, 0.4) is 0 Å². The van der Waals surface area contributed by atoms with E-state index in [1.807, 2.05) is 0 Å². The highest BCUT2D eigenvalue weighted by Gasteiger charge is 2.20. The number of nitrogens with zero attached hydrogens (tertiary/aromatic N) is 2. The molecule has 124 valence electrons. The number of aliphatic imine (C=N–C) groups is 1. The van der Waals surface area contributed by atoms with Crippen LogP contribution in [-0.4, -0.2) is 64.0 Å². The van der Waals surface area contributed by atoms with Crippen molar-refractivity contribution in [2.45, 2.75) is 13.5 Å². The number of aryl methyl sites for hydroxylation is 1. The van der Waals surface area contributed by atoms with E-state index in [-0.39, 0.29) is 11.5 Å². The van der Waals surface area contributed by atoms with Gasteiger partial charge < -0.3 is 10.6 Å². The van der Waals surface area contributed by atoms with Crippen LogP contribution in [0.1, 0.15) is 9.75 Å². The second kappa shape index (κ2) is 7.94. The lowest BCUT2D eigenvalue weighted by molar-refractivity contribution is 0.299. The van der Waals surface area contributed by atoms with Crippen molar-refractivity contribution >= 4 is 27.1 Å². The summed E-state index contributed by atoms with van der Waals surface area (Å²) in [6, 6.07) is 4.23. The number of thiophene rings is 1. The van der Waals surface area contributed by atoms with E-state index in [4.69, 9.17) is 0 Å². The SMILES string of the molecule is CN=C(NCCN1CCS(=O)(=O)CC1)NCc1ccc(C)s1. The van der Waals surface area contributed by atoms with Crippen LogP contribution in [0.25, 0.3) is 0 Å². The molecule has 1 saturated heterocycles. The predicted molar refractivity (Wildman–Crippen MR) is 92.4 cm³/mol. The predicted octanol–water partition coefficient (Wildman–Crippen LogP) is 0.452. The number of rotatable bonds is 5. The summed E-state index contributed by atoms with van der Waals surface area (Å²) in [5.41, 5.74) is 0. The molecule has 2 rings (SSSR count). The highest BCUT2D eigenvalue weighted by atomic mass is 32.2. The summed E-state index contributed by atoms with van der Waals surface area (Å²) in [5.74, 6) is 1.32. The average molecular weight is 345 g/mol. The third kappa shape index (κ3) is 5.58. The number of nitrogens with one attached hydrogen (secondary N) is 2. The number of hydrogen-bond donors (Lipinski definition) is 2. The lowest BCUT2D eigenvalue weighted by Crippen LogP contribution is -2.45. The quantitative estimate of drug-likeness (QED) is 0.599. The summed E-state index contributed by atoms with van der Waals surface area (Å²) in [6.45, 7) is 5.70. The highest BCUT2D eigenvalue weighted by molar-refractivity contribution is 7.91. The van der Waals surface area contributed by atoms with E-state index < -0.39 is 9.84 Å². The Balaban J connectivity index is 1.66. The van der Waals surface area contributed by atoms with Gasteiger partial charge in [0.2, 0.25) is 0 Å². The van der Waals surface area contributed by atoms with Crippen molar-refractivity contribution in [3.63, 3.8) is 0 Å². The molecule has 2 N–H and O–H groups in total. The van der Waals surface area contributed by atoms with Crippen LogP contribution in [0, 0.1) is 6.92 Å². The fourth-order valence-corrected chi connectivity index (χ4v) is 4.38. The zero-order valence-corrected chi connectivity index (χ0v) is 14.8. The summed E-state index contributed by atoms with van der Waals surface area (Å²) < 4.78 is 22.8. The molecule has 0 aromatic carbocycles. The van der Waals surface area contributed by atoms with Gasteiger partial charge in [0.1, 0.15) is 0 Å². The Morgan fingerprint density at radius 1 is 1.32 bits per heavy atom. The second-order valence-corrected chi connectivity index (χ2v) is 9.03. The zero-order valence-electron chi connectivity index (χ0n) is 13.1. The van der Waals surface area contributed by atoms with Gasteiger partial charge in [0.25, 0.3) is 0 Å². The Kier molecular flexibility index (Phi) is 6.22. The normalized spacial score (nSPS) is 19.1. The number of sulfone groups is 1. The molecule has 8 heteroatoms. The monoisotopic (exact) mass is 344 g/mol. The van der Waals surface area contributed by atoms with Crippen LogP contribution in [0.4, 0.5) is 0 Å². The van der Waals surface area contributed by atoms with Crippen LogP contribution in [0.2, 0.25) is 0 Å². The minimum Gasteiger partial charge on any atom is -0.355 e. The minimum absolute atomic E-state index is 0.275. The molecular weight excluding hydrogens is 320 g/mol. The molecular formula is C14H24N4O2S2. The molecule has 0 spiro atoms. The second-order valence-electron chi connectivity index (χ2n) is 5.36. The Bertz CT molecular complexity index is 596. The zero-order chi connectivity index (χ0) is 16.0. The van der Waals surface area contributed by atoms with Crippen molar-refractivity contribution in [2.24, 2.45) is 4.99 Å². The maximum atomic E-state index is 11.4. The lowest BCUT2D eigenvalue weighted by atomic mass is 10.4. The van der Waals surface area contributed by atoms with E-state index in [2.05, 4.69) is 39.6 Å². The summed E-state index contributed by atoms with van der Waals surface area (Å²) in [6.07, 6.45) is 0. The Labute approximate surface area is 136 Å². The van der Waals surface area contributed by atoms with Crippen molar-refractivity contribution in [1.29, 1.82) is 0 Å². The Hall–Kier alpha value is -1.12. The van der Waals surface area contributed by atoms with Crippen molar-refractivity contribution in [3.8, 4) is 0 Å². The van der Waals surface area contributed by atoms with Gasteiger partial charge in [-0.05, 0) is 19.1 Å². The van der Waals surface area contributed by atoms with Crippen molar-refractivity contribution in [2.75, 3.05) is 44.7 Å². The number of hydrogen-bond acceptors (Lipinski definition) is 5. The first-order valence-electron chi connectivity index (χ1n) is 7.41. The van der Waals surface area contributed by atoms with E-state index in [0.717, 1.165) is 25.6 Å². The molecule has 22 heavy (non-hydrogen) atoms. The maximum absolute atomic E-state index is 11.4. The first-order chi connectivity index (χ1) is 10.5. The average Bonchev–Trinajstić information content (AvgIpc) is 2.90. The fraction of sp³-hybridized carbons (Fsp3) is 0.643. The Morgan fingerprint density at radius 2 is 2.05 bits per heavy atom. The maximum Gasteiger partial charge on any atom is 0.191 e. The molecule has 1 aliphatic heterocycles. The molecule has 6 nitrogen and oxygen atoms in total. The molecule has 1 aliphatic rings. The van der Waals surface area contributed by atoms with E-state index >= 15 is 0 Å². The lowest BCUT2D eigenvalue weighted by Gasteiger charge is -2.26. The Morgan fingerprint density at radius 3 is 2.64 bits per heavy atom. The topological polar surface area (TPSA) is 73.8 Å². The standard InChI is InChI=1S/C14H24N4O2S2/c1-12-3-4-13(21-12)11-17-14(15-2)16-5-6-18-7-9-22(19,20)10-8-18/h3-4H,5-11H2,1-2H3,(H2,15,16,17). The van der Waals surface area contributed by atoms with Gasteiger partial charge in [0, 0.05) is 43.0 Å². The van der Waals surface area contributed by atoms with Gasteiger partial charge in [-0.15, -0.1) is 11.3 Å². The fourth-order valence-electron chi connectivity index (χ4n) is 2.28. The van der Waals surface area contributed by atoms with Gasteiger partial charge in [-0.2, -0.15) is 0 Å². The van der Waals surface area contributed by atoms with E-state index in [0.29, 0.717) is 13.1 Å². The third-order valence-electron chi connectivity index (χ3n) is 3.61. The first-order valence-corrected chi connectivity index (χ1v) is 10.0.